The molecule has 0 spiro atoms. The molecular weight excluding hydrogens is 310 g/mol. The molecule has 1 aliphatic rings. The highest BCUT2D eigenvalue weighted by Crippen LogP contribution is 2.26. The second-order valence-corrected chi connectivity index (χ2v) is 6.61. The fourth-order valence-electron chi connectivity index (χ4n) is 2.78. The fourth-order valence-corrected chi connectivity index (χ4v) is 3.38. The van der Waals surface area contributed by atoms with Crippen LogP contribution in [0.1, 0.15) is 24.1 Å². The van der Waals surface area contributed by atoms with Gasteiger partial charge in [0.25, 0.3) is 0 Å². The Kier molecular flexibility index (Phi) is 5.12. The van der Waals surface area contributed by atoms with E-state index in [0.29, 0.717) is 18.3 Å². The van der Waals surface area contributed by atoms with E-state index in [-0.39, 0.29) is 11.8 Å². The van der Waals surface area contributed by atoms with E-state index in [1.165, 1.54) is 11.3 Å². The lowest BCUT2D eigenvalue weighted by atomic mass is 9.96. The summed E-state index contributed by atoms with van der Waals surface area (Å²) in [7, 11) is 0. The number of amides is 1. The van der Waals surface area contributed by atoms with Crippen molar-refractivity contribution in [1.29, 1.82) is 0 Å². The summed E-state index contributed by atoms with van der Waals surface area (Å²) in [4.78, 5) is 16.6. The number of carbonyl (C=O) groups is 1. The number of fused-ring (bicyclic) bond motifs is 1. The molecule has 2 heterocycles. The normalized spacial score (nSPS) is 17.0. The number of para-hydroxylation sites is 1. The monoisotopic (exact) mass is 331 g/mol. The largest absolute Gasteiger partial charge is 0.493 e. The van der Waals surface area contributed by atoms with Gasteiger partial charge in [-0.05, 0) is 37.3 Å². The Balaban J connectivity index is 1.46. The molecule has 3 N–H and O–H groups in total. The molecule has 0 saturated carbocycles. The van der Waals surface area contributed by atoms with Gasteiger partial charge >= 0.3 is 0 Å². The van der Waals surface area contributed by atoms with Gasteiger partial charge in [0, 0.05) is 17.8 Å². The van der Waals surface area contributed by atoms with Crippen molar-refractivity contribution in [2.45, 2.75) is 25.7 Å². The fraction of sp³-hybridized carbons (Fsp3) is 0.412. The van der Waals surface area contributed by atoms with Gasteiger partial charge < -0.3 is 15.8 Å². The molecule has 23 heavy (non-hydrogen) atoms. The smallest absolute Gasteiger partial charge is 0.223 e. The number of aryl methyl sites for hydroxylation is 1. The van der Waals surface area contributed by atoms with Crippen molar-refractivity contribution in [3.05, 3.63) is 40.9 Å². The minimum Gasteiger partial charge on any atom is -0.493 e. The number of hydrogen-bond acceptors (Lipinski definition) is 5. The van der Waals surface area contributed by atoms with Gasteiger partial charge in [-0.1, -0.05) is 18.2 Å². The maximum Gasteiger partial charge on any atom is 0.223 e. The molecule has 1 atom stereocenters. The number of benzene rings is 1. The lowest BCUT2D eigenvalue weighted by molar-refractivity contribution is -0.125. The molecule has 0 bridgehead atoms. The van der Waals surface area contributed by atoms with Crippen LogP contribution in [0, 0.1) is 5.92 Å². The van der Waals surface area contributed by atoms with Gasteiger partial charge in [-0.25, -0.2) is 4.98 Å². The summed E-state index contributed by atoms with van der Waals surface area (Å²) in [5.74, 6) is 1.00. The van der Waals surface area contributed by atoms with Crippen molar-refractivity contribution in [2.75, 3.05) is 18.9 Å². The molecule has 1 aromatic heterocycles. The van der Waals surface area contributed by atoms with Crippen LogP contribution >= 0.6 is 11.3 Å². The van der Waals surface area contributed by atoms with E-state index in [9.17, 15) is 4.79 Å². The molecule has 5 nitrogen and oxygen atoms in total. The van der Waals surface area contributed by atoms with E-state index in [0.717, 1.165) is 42.7 Å². The number of nitrogen functional groups attached to an aromatic ring is 1. The van der Waals surface area contributed by atoms with E-state index in [4.69, 9.17) is 10.5 Å². The van der Waals surface area contributed by atoms with Crippen LogP contribution in [0.25, 0.3) is 0 Å². The SMILES string of the molecule is Nc1nc(CCCNC(=O)[C@H]2CCOc3ccccc3C2)cs1. The topological polar surface area (TPSA) is 77.2 Å². The van der Waals surface area contributed by atoms with E-state index < -0.39 is 0 Å². The summed E-state index contributed by atoms with van der Waals surface area (Å²) >= 11 is 1.45. The number of hydrogen-bond donors (Lipinski definition) is 2. The Hall–Kier alpha value is -2.08. The molecule has 1 aromatic carbocycles. The van der Waals surface area contributed by atoms with E-state index in [1.54, 1.807) is 0 Å². The number of thiazole rings is 1. The summed E-state index contributed by atoms with van der Waals surface area (Å²) in [5, 5.41) is 5.61. The lowest BCUT2D eigenvalue weighted by Crippen LogP contribution is -2.33. The molecule has 1 amide bonds. The highest BCUT2D eigenvalue weighted by Gasteiger charge is 2.23. The molecule has 0 radical (unpaired) electrons. The van der Waals surface area contributed by atoms with Gasteiger partial charge in [0.05, 0.1) is 12.3 Å². The van der Waals surface area contributed by atoms with E-state index in [1.807, 2.05) is 29.6 Å². The number of nitrogens with one attached hydrogen (secondary N) is 1. The van der Waals surface area contributed by atoms with Crippen LogP contribution < -0.4 is 15.8 Å². The van der Waals surface area contributed by atoms with Crippen molar-refractivity contribution in [2.24, 2.45) is 5.92 Å². The Morgan fingerprint density at radius 1 is 1.43 bits per heavy atom. The van der Waals surface area contributed by atoms with Crippen LogP contribution in [0.4, 0.5) is 5.13 Å². The summed E-state index contributed by atoms with van der Waals surface area (Å²) < 4.78 is 5.72. The van der Waals surface area contributed by atoms with Crippen LogP contribution in [0.15, 0.2) is 29.6 Å². The average Bonchev–Trinajstić information content (AvgIpc) is 2.84. The molecule has 2 aromatic rings. The van der Waals surface area contributed by atoms with Gasteiger partial charge in [0.2, 0.25) is 5.91 Å². The zero-order valence-electron chi connectivity index (χ0n) is 13.0. The third kappa shape index (κ3) is 4.22. The number of rotatable bonds is 5. The number of carbonyl (C=O) groups excluding carboxylic acids is 1. The zero-order valence-corrected chi connectivity index (χ0v) is 13.8. The van der Waals surface area contributed by atoms with E-state index >= 15 is 0 Å². The molecule has 0 fully saturated rings. The van der Waals surface area contributed by atoms with E-state index in [2.05, 4.69) is 10.3 Å². The standard InChI is InChI=1S/C17H21N3O2S/c18-17-20-14(11-23-17)5-3-8-19-16(21)13-7-9-22-15-6-2-1-4-12(15)10-13/h1-2,4,6,11,13H,3,5,7-10H2,(H2,18,20)(H,19,21)/t13-/m0/s1. The first-order valence-corrected chi connectivity index (χ1v) is 8.78. The molecule has 1 aliphatic heterocycles. The Morgan fingerprint density at radius 3 is 3.13 bits per heavy atom. The summed E-state index contributed by atoms with van der Waals surface area (Å²) in [6, 6.07) is 7.95. The number of aromatic nitrogens is 1. The van der Waals surface area contributed by atoms with Crippen molar-refractivity contribution in [3.8, 4) is 5.75 Å². The second-order valence-electron chi connectivity index (χ2n) is 5.72. The number of nitrogens with two attached hydrogens (primary N) is 1. The Morgan fingerprint density at radius 2 is 2.30 bits per heavy atom. The van der Waals surface area contributed by atoms with Gasteiger partial charge in [-0.2, -0.15) is 0 Å². The number of ether oxygens (including phenoxy) is 1. The first-order valence-electron chi connectivity index (χ1n) is 7.90. The third-order valence-corrected chi connectivity index (χ3v) is 4.73. The highest BCUT2D eigenvalue weighted by molar-refractivity contribution is 7.13. The maximum atomic E-state index is 12.4. The molecule has 3 rings (SSSR count). The Labute approximate surface area is 139 Å². The van der Waals surface area contributed by atoms with Crippen LogP contribution in [-0.2, 0) is 17.6 Å². The Bertz CT molecular complexity index is 671. The van der Waals surface area contributed by atoms with Crippen molar-refractivity contribution >= 4 is 22.4 Å². The van der Waals surface area contributed by atoms with Crippen molar-refractivity contribution in [3.63, 3.8) is 0 Å². The highest BCUT2D eigenvalue weighted by atomic mass is 32.1. The number of anilines is 1. The van der Waals surface area contributed by atoms with Crippen molar-refractivity contribution in [1.82, 2.24) is 10.3 Å². The van der Waals surface area contributed by atoms with Gasteiger partial charge in [0.15, 0.2) is 5.13 Å². The first-order chi connectivity index (χ1) is 11.2. The third-order valence-electron chi connectivity index (χ3n) is 4.01. The minimum absolute atomic E-state index is 0.0198. The van der Waals surface area contributed by atoms with Crippen molar-refractivity contribution < 1.29 is 9.53 Å². The summed E-state index contributed by atoms with van der Waals surface area (Å²) in [6.07, 6.45) is 3.20. The molecule has 0 unspecified atom stereocenters. The molecule has 0 saturated heterocycles. The average molecular weight is 331 g/mol. The number of nitrogens with zero attached hydrogens (tertiary/aromatic N) is 1. The van der Waals surface area contributed by atoms with Crippen LogP contribution in [-0.4, -0.2) is 24.0 Å². The molecule has 0 aliphatic carbocycles. The quantitative estimate of drug-likeness (QED) is 0.825. The van der Waals surface area contributed by atoms with Crippen LogP contribution in [0.2, 0.25) is 0 Å². The predicted octanol–water partition coefficient (Wildman–Crippen LogP) is 2.42. The lowest BCUT2D eigenvalue weighted by Gasteiger charge is -2.13. The van der Waals surface area contributed by atoms with Crippen LogP contribution in [0.5, 0.6) is 5.75 Å². The van der Waals surface area contributed by atoms with Crippen LogP contribution in [0.3, 0.4) is 0 Å². The zero-order chi connectivity index (χ0) is 16.1. The molecular formula is C17H21N3O2S. The van der Waals surface area contributed by atoms with Gasteiger partial charge in [0.1, 0.15) is 5.75 Å². The minimum atomic E-state index is -0.0198. The summed E-state index contributed by atoms with van der Waals surface area (Å²) in [5.41, 5.74) is 7.72. The first kappa shape index (κ1) is 15.8. The van der Waals surface area contributed by atoms with Gasteiger partial charge in [-0.3, -0.25) is 4.79 Å². The predicted molar refractivity (Wildman–Crippen MR) is 91.6 cm³/mol. The summed E-state index contributed by atoms with van der Waals surface area (Å²) in [6.45, 7) is 1.25. The maximum absolute atomic E-state index is 12.4. The second kappa shape index (κ2) is 7.46. The van der Waals surface area contributed by atoms with Gasteiger partial charge in [-0.15, -0.1) is 11.3 Å². The molecule has 6 heteroatoms. The molecule has 122 valence electrons.